The van der Waals surface area contributed by atoms with E-state index in [0.717, 1.165) is 16.8 Å². The lowest BCUT2D eigenvalue weighted by molar-refractivity contribution is -0.137. The van der Waals surface area contributed by atoms with Crippen molar-refractivity contribution in [2.24, 2.45) is 0 Å². The SMILES string of the molecule is O=C(O)CCCN(C(=O)c1ccc(Cl)cc1)c1ccc(-c2ccccc2)cc1. The van der Waals surface area contributed by atoms with Crippen molar-refractivity contribution in [1.82, 2.24) is 0 Å². The van der Waals surface area contributed by atoms with Crippen molar-refractivity contribution in [2.75, 3.05) is 11.4 Å². The normalized spacial score (nSPS) is 10.5. The molecule has 0 unspecified atom stereocenters. The van der Waals surface area contributed by atoms with E-state index in [9.17, 15) is 9.59 Å². The lowest BCUT2D eigenvalue weighted by atomic mass is 10.0. The van der Waals surface area contributed by atoms with E-state index in [2.05, 4.69) is 0 Å². The quantitative estimate of drug-likeness (QED) is 0.575. The number of anilines is 1. The number of aliphatic carboxylic acids is 1. The Morgan fingerprint density at radius 2 is 1.43 bits per heavy atom. The van der Waals surface area contributed by atoms with Gasteiger partial charge >= 0.3 is 5.97 Å². The molecule has 0 saturated heterocycles. The summed E-state index contributed by atoms with van der Waals surface area (Å²) in [4.78, 5) is 25.5. The average molecular weight is 394 g/mol. The number of halogens is 1. The Hall–Kier alpha value is -3.11. The van der Waals surface area contributed by atoms with E-state index in [4.69, 9.17) is 16.7 Å². The van der Waals surface area contributed by atoms with Crippen molar-refractivity contribution in [3.63, 3.8) is 0 Å². The average Bonchev–Trinajstić information content (AvgIpc) is 2.72. The van der Waals surface area contributed by atoms with Crippen LogP contribution in [0.15, 0.2) is 78.9 Å². The number of amides is 1. The number of carbonyl (C=O) groups excluding carboxylic acids is 1. The Morgan fingerprint density at radius 3 is 2.04 bits per heavy atom. The molecule has 142 valence electrons. The van der Waals surface area contributed by atoms with Crippen LogP contribution in [0.25, 0.3) is 11.1 Å². The zero-order chi connectivity index (χ0) is 19.9. The fraction of sp³-hybridized carbons (Fsp3) is 0.130. The fourth-order valence-corrected chi connectivity index (χ4v) is 3.08. The Balaban J connectivity index is 1.86. The maximum absolute atomic E-state index is 13.0. The molecule has 0 spiro atoms. The summed E-state index contributed by atoms with van der Waals surface area (Å²) in [5, 5.41) is 9.48. The number of benzene rings is 3. The van der Waals surface area contributed by atoms with Crippen molar-refractivity contribution in [3.8, 4) is 11.1 Å². The van der Waals surface area contributed by atoms with Crippen molar-refractivity contribution in [3.05, 3.63) is 89.4 Å². The first kappa shape index (κ1) is 19.6. The molecule has 3 rings (SSSR count). The van der Waals surface area contributed by atoms with Crippen LogP contribution in [0.4, 0.5) is 5.69 Å². The number of carboxylic acid groups (broad SMARTS) is 1. The van der Waals surface area contributed by atoms with Crippen LogP contribution in [-0.4, -0.2) is 23.5 Å². The van der Waals surface area contributed by atoms with Gasteiger partial charge in [0.05, 0.1) is 0 Å². The zero-order valence-electron chi connectivity index (χ0n) is 15.2. The van der Waals surface area contributed by atoms with Gasteiger partial charge < -0.3 is 10.0 Å². The molecule has 0 fully saturated rings. The second-order valence-corrected chi connectivity index (χ2v) is 6.81. The van der Waals surface area contributed by atoms with Gasteiger partial charge in [0.25, 0.3) is 5.91 Å². The third kappa shape index (κ3) is 4.99. The summed E-state index contributed by atoms with van der Waals surface area (Å²) in [6.45, 7) is 0.318. The van der Waals surface area contributed by atoms with Gasteiger partial charge in [-0.05, 0) is 53.9 Å². The number of hydrogen-bond donors (Lipinski definition) is 1. The maximum Gasteiger partial charge on any atom is 0.303 e. The minimum atomic E-state index is -0.877. The Kier molecular flexibility index (Phi) is 6.45. The first-order valence-electron chi connectivity index (χ1n) is 8.99. The molecule has 1 amide bonds. The summed E-state index contributed by atoms with van der Waals surface area (Å²) >= 11 is 5.92. The molecule has 4 nitrogen and oxygen atoms in total. The zero-order valence-corrected chi connectivity index (χ0v) is 16.0. The monoisotopic (exact) mass is 393 g/mol. The largest absolute Gasteiger partial charge is 0.481 e. The summed E-state index contributed by atoms with van der Waals surface area (Å²) < 4.78 is 0. The van der Waals surface area contributed by atoms with Gasteiger partial charge in [0.1, 0.15) is 0 Å². The number of rotatable bonds is 7. The van der Waals surface area contributed by atoms with E-state index in [1.54, 1.807) is 29.2 Å². The van der Waals surface area contributed by atoms with Crippen molar-refractivity contribution in [1.29, 1.82) is 0 Å². The van der Waals surface area contributed by atoms with E-state index >= 15 is 0 Å². The molecule has 3 aromatic rings. The standard InChI is InChI=1S/C23H20ClNO3/c24-20-12-8-19(9-13-20)23(28)25(16-4-7-22(26)27)21-14-10-18(11-15-21)17-5-2-1-3-6-17/h1-3,5-6,8-15H,4,7,16H2,(H,26,27). The third-order valence-corrected chi connectivity index (χ3v) is 4.65. The molecular formula is C23H20ClNO3. The molecule has 0 heterocycles. The Bertz CT molecular complexity index is 938. The molecule has 0 aliphatic heterocycles. The van der Waals surface area contributed by atoms with Gasteiger partial charge in [-0.25, -0.2) is 0 Å². The van der Waals surface area contributed by atoms with Crippen molar-refractivity contribution in [2.45, 2.75) is 12.8 Å². The molecule has 0 bridgehead atoms. The van der Waals surface area contributed by atoms with Crippen LogP contribution < -0.4 is 4.90 Å². The molecule has 0 aliphatic rings. The molecule has 0 saturated carbocycles. The van der Waals surface area contributed by atoms with Crippen LogP contribution in [0.2, 0.25) is 5.02 Å². The molecule has 28 heavy (non-hydrogen) atoms. The van der Waals surface area contributed by atoms with Gasteiger partial charge in [-0.15, -0.1) is 0 Å². The van der Waals surface area contributed by atoms with Crippen LogP contribution in [0.1, 0.15) is 23.2 Å². The number of carbonyl (C=O) groups is 2. The Labute approximate surface area is 169 Å². The Morgan fingerprint density at radius 1 is 0.821 bits per heavy atom. The number of nitrogens with zero attached hydrogens (tertiary/aromatic N) is 1. The summed E-state index contributed by atoms with van der Waals surface area (Å²) in [6, 6.07) is 24.4. The number of carboxylic acids is 1. The van der Waals surface area contributed by atoms with Gasteiger partial charge in [-0.3, -0.25) is 9.59 Å². The highest BCUT2D eigenvalue weighted by Gasteiger charge is 2.18. The first-order chi connectivity index (χ1) is 13.5. The third-order valence-electron chi connectivity index (χ3n) is 4.39. The van der Waals surface area contributed by atoms with E-state index in [1.165, 1.54) is 0 Å². The lowest BCUT2D eigenvalue weighted by Crippen LogP contribution is -2.32. The summed E-state index contributed by atoms with van der Waals surface area (Å²) in [5.74, 6) is -1.06. The minimum Gasteiger partial charge on any atom is -0.481 e. The highest BCUT2D eigenvalue weighted by atomic mass is 35.5. The molecule has 0 aromatic heterocycles. The summed E-state index contributed by atoms with van der Waals surface area (Å²) in [6.07, 6.45) is 0.377. The lowest BCUT2D eigenvalue weighted by Gasteiger charge is -2.23. The van der Waals surface area contributed by atoms with E-state index in [0.29, 0.717) is 23.6 Å². The second kappa shape index (κ2) is 9.20. The van der Waals surface area contributed by atoms with Gasteiger partial charge in [0.15, 0.2) is 0 Å². The van der Waals surface area contributed by atoms with Gasteiger partial charge in [0.2, 0.25) is 0 Å². The van der Waals surface area contributed by atoms with Crippen molar-refractivity contribution < 1.29 is 14.7 Å². The summed E-state index contributed by atoms with van der Waals surface area (Å²) in [7, 11) is 0. The molecular weight excluding hydrogens is 374 g/mol. The maximum atomic E-state index is 13.0. The van der Waals surface area contributed by atoms with Crippen LogP contribution in [0, 0.1) is 0 Å². The fourth-order valence-electron chi connectivity index (χ4n) is 2.95. The van der Waals surface area contributed by atoms with E-state index in [1.807, 2.05) is 54.6 Å². The van der Waals surface area contributed by atoms with Crippen LogP contribution in [0.5, 0.6) is 0 Å². The van der Waals surface area contributed by atoms with Gasteiger partial charge in [-0.2, -0.15) is 0 Å². The molecule has 1 N–H and O–H groups in total. The van der Waals surface area contributed by atoms with Crippen molar-refractivity contribution >= 4 is 29.2 Å². The smallest absolute Gasteiger partial charge is 0.303 e. The van der Waals surface area contributed by atoms with Gasteiger partial charge in [-0.1, -0.05) is 54.1 Å². The van der Waals surface area contributed by atoms with E-state index in [-0.39, 0.29) is 12.3 Å². The van der Waals surface area contributed by atoms with Crippen LogP contribution >= 0.6 is 11.6 Å². The predicted octanol–water partition coefficient (Wildman–Crippen LogP) is 5.52. The highest BCUT2D eigenvalue weighted by molar-refractivity contribution is 6.30. The minimum absolute atomic E-state index is 0.00645. The van der Waals surface area contributed by atoms with Crippen LogP contribution in [-0.2, 0) is 4.79 Å². The second-order valence-electron chi connectivity index (χ2n) is 6.37. The summed E-state index contributed by atoms with van der Waals surface area (Å²) in [5.41, 5.74) is 3.38. The molecule has 0 atom stereocenters. The molecule has 0 radical (unpaired) electrons. The molecule has 0 aliphatic carbocycles. The number of hydrogen-bond acceptors (Lipinski definition) is 2. The molecule has 3 aromatic carbocycles. The highest BCUT2D eigenvalue weighted by Crippen LogP contribution is 2.25. The molecule has 5 heteroatoms. The predicted molar refractivity (Wildman–Crippen MR) is 112 cm³/mol. The topological polar surface area (TPSA) is 57.6 Å². The van der Waals surface area contributed by atoms with E-state index < -0.39 is 5.97 Å². The van der Waals surface area contributed by atoms with Gasteiger partial charge in [0, 0.05) is 29.2 Å². The first-order valence-corrected chi connectivity index (χ1v) is 9.37. The van der Waals surface area contributed by atoms with Crippen LogP contribution in [0.3, 0.4) is 0 Å².